The lowest BCUT2D eigenvalue weighted by Gasteiger charge is -2.09. The molecule has 0 aliphatic rings. The summed E-state index contributed by atoms with van der Waals surface area (Å²) in [5.74, 6) is -0.570. The van der Waals surface area contributed by atoms with Gasteiger partial charge in [0, 0.05) is 22.3 Å². The average Bonchev–Trinajstić information content (AvgIpc) is 2.16. The smallest absolute Gasteiger partial charge is 0.221 e. The Morgan fingerprint density at radius 3 is 2.62 bits per heavy atom. The molecule has 16 heavy (non-hydrogen) atoms. The molecule has 5 heteroatoms. The van der Waals surface area contributed by atoms with E-state index >= 15 is 0 Å². The molecule has 1 rings (SSSR count). The van der Waals surface area contributed by atoms with Crippen LogP contribution >= 0.6 is 0 Å². The molecule has 0 aliphatic heterocycles. The van der Waals surface area contributed by atoms with Crippen LogP contribution in [0.4, 0.5) is 5.69 Å². The van der Waals surface area contributed by atoms with Crippen molar-refractivity contribution in [1.82, 2.24) is 0 Å². The molecule has 0 radical (unpaired) electrons. The summed E-state index contributed by atoms with van der Waals surface area (Å²) in [7, 11) is -1.21. The van der Waals surface area contributed by atoms with Gasteiger partial charge < -0.3 is 11.5 Å². The molecule has 1 amide bonds. The zero-order valence-corrected chi connectivity index (χ0v) is 10.2. The summed E-state index contributed by atoms with van der Waals surface area (Å²) >= 11 is 0. The Morgan fingerprint density at radius 1 is 1.50 bits per heavy atom. The largest absolute Gasteiger partial charge is 0.399 e. The fourth-order valence-corrected chi connectivity index (χ4v) is 2.76. The molecule has 0 bridgehead atoms. The highest BCUT2D eigenvalue weighted by molar-refractivity contribution is 7.85. The highest BCUT2D eigenvalue weighted by atomic mass is 32.2. The van der Waals surface area contributed by atoms with E-state index in [9.17, 15) is 9.00 Å². The van der Waals surface area contributed by atoms with Crippen molar-refractivity contribution in [1.29, 1.82) is 0 Å². The first-order valence-electron chi connectivity index (χ1n) is 4.95. The fourth-order valence-electron chi connectivity index (χ4n) is 1.33. The molecule has 2 atom stereocenters. The maximum atomic E-state index is 12.0. The Kier molecular flexibility index (Phi) is 4.06. The molecule has 0 saturated heterocycles. The van der Waals surface area contributed by atoms with Gasteiger partial charge >= 0.3 is 0 Å². The van der Waals surface area contributed by atoms with E-state index in [1.54, 1.807) is 25.1 Å². The summed E-state index contributed by atoms with van der Waals surface area (Å²) in [5, 5.41) is 0. The number of carbonyl (C=O) groups excluding carboxylic acids is 1. The van der Waals surface area contributed by atoms with E-state index in [0.29, 0.717) is 10.6 Å². The molecule has 88 valence electrons. The van der Waals surface area contributed by atoms with Gasteiger partial charge in [0.1, 0.15) is 0 Å². The molecule has 2 unspecified atom stereocenters. The van der Waals surface area contributed by atoms with Crippen molar-refractivity contribution < 1.29 is 9.00 Å². The van der Waals surface area contributed by atoms with Gasteiger partial charge in [-0.1, -0.05) is 6.92 Å². The van der Waals surface area contributed by atoms with Crippen LogP contribution in [0, 0.1) is 12.8 Å². The first-order chi connectivity index (χ1) is 7.41. The number of nitrogen functional groups attached to an aromatic ring is 1. The summed E-state index contributed by atoms with van der Waals surface area (Å²) in [6.07, 6.45) is 0. The predicted molar refractivity (Wildman–Crippen MR) is 65.2 cm³/mol. The van der Waals surface area contributed by atoms with Crippen LogP contribution in [0.25, 0.3) is 0 Å². The summed E-state index contributed by atoms with van der Waals surface area (Å²) in [5.41, 5.74) is 12.2. The van der Waals surface area contributed by atoms with E-state index in [1.165, 1.54) is 0 Å². The van der Waals surface area contributed by atoms with Gasteiger partial charge in [-0.3, -0.25) is 9.00 Å². The Balaban J connectivity index is 2.85. The quantitative estimate of drug-likeness (QED) is 0.763. The van der Waals surface area contributed by atoms with Crippen molar-refractivity contribution in [3.63, 3.8) is 0 Å². The van der Waals surface area contributed by atoms with Gasteiger partial charge in [0.25, 0.3) is 0 Å². The number of aryl methyl sites for hydroxylation is 1. The molecular formula is C11H16N2O2S. The lowest BCUT2D eigenvalue weighted by atomic mass is 10.2. The molecule has 4 N–H and O–H groups in total. The number of hydrogen-bond acceptors (Lipinski definition) is 3. The van der Waals surface area contributed by atoms with Crippen molar-refractivity contribution in [2.24, 2.45) is 11.7 Å². The number of carbonyl (C=O) groups is 1. The fraction of sp³-hybridized carbons (Fsp3) is 0.364. The zero-order valence-electron chi connectivity index (χ0n) is 9.40. The molecule has 0 aromatic heterocycles. The van der Waals surface area contributed by atoms with E-state index in [0.717, 1.165) is 5.56 Å². The molecule has 1 aromatic carbocycles. The lowest BCUT2D eigenvalue weighted by Crippen LogP contribution is -2.25. The topological polar surface area (TPSA) is 86.2 Å². The second-order valence-corrected chi connectivity index (χ2v) is 5.30. The number of primary amides is 1. The molecule has 0 aliphatic carbocycles. The van der Waals surface area contributed by atoms with Crippen LogP contribution in [0.15, 0.2) is 23.1 Å². The van der Waals surface area contributed by atoms with Gasteiger partial charge in [0.05, 0.1) is 10.8 Å². The summed E-state index contributed by atoms with van der Waals surface area (Å²) in [6, 6.07) is 5.20. The Morgan fingerprint density at radius 2 is 2.12 bits per heavy atom. The number of rotatable bonds is 4. The Bertz CT molecular complexity index is 432. The maximum absolute atomic E-state index is 12.0. The van der Waals surface area contributed by atoms with Crippen LogP contribution in [0.5, 0.6) is 0 Å². The van der Waals surface area contributed by atoms with Gasteiger partial charge in [-0.05, 0) is 30.7 Å². The molecule has 0 fully saturated rings. The van der Waals surface area contributed by atoms with Crippen molar-refractivity contribution in [2.45, 2.75) is 18.7 Å². The number of anilines is 1. The van der Waals surface area contributed by atoms with E-state index in [2.05, 4.69) is 0 Å². The monoisotopic (exact) mass is 240 g/mol. The van der Waals surface area contributed by atoms with Crippen LogP contribution in [0.3, 0.4) is 0 Å². The third-order valence-corrected chi connectivity index (χ3v) is 4.08. The Labute approximate surface area is 97.5 Å². The third-order valence-electron chi connectivity index (χ3n) is 2.33. The minimum atomic E-state index is -1.21. The number of benzene rings is 1. The van der Waals surface area contributed by atoms with Crippen molar-refractivity contribution >= 4 is 22.4 Å². The predicted octanol–water partition coefficient (Wildman–Crippen LogP) is 0.806. The van der Waals surface area contributed by atoms with Gasteiger partial charge in [0.2, 0.25) is 5.91 Å². The van der Waals surface area contributed by atoms with Crippen LogP contribution in [0.2, 0.25) is 0 Å². The number of amides is 1. The van der Waals surface area contributed by atoms with Crippen molar-refractivity contribution in [2.75, 3.05) is 11.5 Å². The summed E-state index contributed by atoms with van der Waals surface area (Å²) in [4.78, 5) is 11.6. The summed E-state index contributed by atoms with van der Waals surface area (Å²) in [6.45, 7) is 3.52. The van der Waals surface area contributed by atoms with E-state index in [1.807, 2.05) is 6.92 Å². The second-order valence-electron chi connectivity index (χ2n) is 3.84. The number of nitrogens with two attached hydrogens (primary N) is 2. The van der Waals surface area contributed by atoms with Crippen LogP contribution in [-0.2, 0) is 15.6 Å². The SMILES string of the molecule is Cc1cc(N)ccc1S(=O)CC(C)C(N)=O. The first-order valence-corrected chi connectivity index (χ1v) is 6.27. The highest BCUT2D eigenvalue weighted by Crippen LogP contribution is 2.17. The highest BCUT2D eigenvalue weighted by Gasteiger charge is 2.15. The van der Waals surface area contributed by atoms with Crippen molar-refractivity contribution in [3.8, 4) is 0 Å². The summed E-state index contributed by atoms with van der Waals surface area (Å²) < 4.78 is 12.0. The standard InChI is InChI=1S/C11H16N2O2S/c1-7-5-9(12)3-4-10(7)16(15)6-8(2)11(13)14/h3-5,8H,6,12H2,1-2H3,(H2,13,14). The Hall–Kier alpha value is -1.36. The molecular weight excluding hydrogens is 224 g/mol. The van der Waals surface area contributed by atoms with Crippen LogP contribution in [-0.4, -0.2) is 15.9 Å². The van der Waals surface area contributed by atoms with E-state index in [4.69, 9.17) is 11.5 Å². The minimum Gasteiger partial charge on any atom is -0.399 e. The average molecular weight is 240 g/mol. The molecule has 1 aromatic rings. The molecule has 0 spiro atoms. The van der Waals surface area contributed by atoms with E-state index < -0.39 is 22.6 Å². The number of hydrogen-bond donors (Lipinski definition) is 2. The molecule has 0 heterocycles. The zero-order chi connectivity index (χ0) is 12.3. The second kappa shape index (κ2) is 5.12. The van der Waals surface area contributed by atoms with Crippen LogP contribution in [0.1, 0.15) is 12.5 Å². The first kappa shape index (κ1) is 12.7. The maximum Gasteiger partial charge on any atom is 0.221 e. The normalized spacial score (nSPS) is 14.4. The van der Waals surface area contributed by atoms with E-state index in [-0.39, 0.29) is 5.75 Å². The third kappa shape index (κ3) is 3.06. The van der Waals surface area contributed by atoms with Gasteiger partial charge in [0.15, 0.2) is 0 Å². The molecule has 0 saturated carbocycles. The minimum absolute atomic E-state index is 0.250. The van der Waals surface area contributed by atoms with Crippen LogP contribution < -0.4 is 11.5 Å². The van der Waals surface area contributed by atoms with Crippen molar-refractivity contribution in [3.05, 3.63) is 23.8 Å². The molecule has 4 nitrogen and oxygen atoms in total. The van der Waals surface area contributed by atoms with Gasteiger partial charge in [-0.15, -0.1) is 0 Å². The lowest BCUT2D eigenvalue weighted by molar-refractivity contribution is -0.120. The van der Waals surface area contributed by atoms with Gasteiger partial charge in [-0.2, -0.15) is 0 Å². The van der Waals surface area contributed by atoms with Gasteiger partial charge in [-0.25, -0.2) is 0 Å².